The quantitative estimate of drug-likeness (QED) is 0.309. The van der Waals surface area contributed by atoms with Crippen LogP contribution in [0, 0.1) is 12.8 Å². The van der Waals surface area contributed by atoms with Crippen molar-refractivity contribution in [3.63, 3.8) is 0 Å². The maximum Gasteiger partial charge on any atom is 0.194 e. The molecule has 1 saturated heterocycles. The summed E-state index contributed by atoms with van der Waals surface area (Å²) in [5, 5.41) is 12.0. The minimum Gasteiger partial charge on any atom is -0.349 e. The summed E-state index contributed by atoms with van der Waals surface area (Å²) in [7, 11) is 1.99. The average molecular weight is 534 g/mol. The van der Waals surface area contributed by atoms with Gasteiger partial charge in [0.15, 0.2) is 11.8 Å². The van der Waals surface area contributed by atoms with E-state index in [9.17, 15) is 0 Å². The third-order valence-electron chi connectivity index (χ3n) is 5.97. The molecule has 0 saturated carbocycles. The number of likely N-dealkylation sites (tertiary alicyclic amines) is 1. The smallest absolute Gasteiger partial charge is 0.194 e. The molecule has 0 aliphatic carbocycles. The van der Waals surface area contributed by atoms with Gasteiger partial charge in [0.2, 0.25) is 0 Å². The fraction of sp³-hybridized carbons (Fsp3) is 0.455. The molecule has 31 heavy (non-hydrogen) atoms. The maximum atomic E-state index is 4.96. The summed E-state index contributed by atoms with van der Waals surface area (Å²) in [6.07, 6.45) is 6.94. The highest BCUT2D eigenvalue weighted by atomic mass is 127. The molecule has 0 spiro atoms. The number of hydrogen-bond acceptors (Lipinski definition) is 4. The average Bonchev–Trinajstić information content (AvgIpc) is 3.41. The fourth-order valence-electron chi connectivity index (χ4n) is 3.88. The summed E-state index contributed by atoms with van der Waals surface area (Å²) in [6.45, 7) is 7.39. The van der Waals surface area contributed by atoms with Crippen LogP contribution in [-0.4, -0.2) is 48.3 Å². The van der Waals surface area contributed by atoms with Crippen LogP contribution >= 0.6 is 24.0 Å². The molecule has 8 nitrogen and oxygen atoms in total. The Morgan fingerprint density at radius 1 is 1.23 bits per heavy atom. The lowest BCUT2D eigenvalue weighted by atomic mass is 9.93. The van der Waals surface area contributed by atoms with E-state index in [0.717, 1.165) is 37.1 Å². The first-order valence-electron chi connectivity index (χ1n) is 10.5. The molecule has 0 bridgehead atoms. The molecule has 9 heteroatoms. The van der Waals surface area contributed by atoms with Gasteiger partial charge in [-0.05, 0) is 24.8 Å². The zero-order valence-corrected chi connectivity index (χ0v) is 20.7. The Morgan fingerprint density at radius 2 is 2.03 bits per heavy atom. The van der Waals surface area contributed by atoms with E-state index >= 15 is 0 Å². The summed E-state index contributed by atoms with van der Waals surface area (Å²) in [5.74, 6) is 3.31. The van der Waals surface area contributed by atoms with Gasteiger partial charge in [-0.3, -0.25) is 0 Å². The van der Waals surface area contributed by atoms with Gasteiger partial charge < -0.3 is 19.4 Å². The van der Waals surface area contributed by atoms with Gasteiger partial charge in [0.25, 0.3) is 0 Å². The zero-order chi connectivity index (χ0) is 20.9. The van der Waals surface area contributed by atoms with E-state index in [2.05, 4.69) is 67.4 Å². The molecule has 0 amide bonds. The number of nitrogens with one attached hydrogen (secondary N) is 1. The van der Waals surface area contributed by atoms with E-state index in [1.54, 1.807) is 0 Å². The number of aryl methyl sites for hydroxylation is 1. The summed E-state index contributed by atoms with van der Waals surface area (Å²) >= 11 is 0. The molecular weight excluding hydrogens is 503 g/mol. The Labute approximate surface area is 200 Å². The molecule has 2 aromatic heterocycles. The van der Waals surface area contributed by atoms with Crippen molar-refractivity contribution in [2.75, 3.05) is 13.1 Å². The normalized spacial score (nSPS) is 19.2. The lowest BCUT2D eigenvalue weighted by molar-refractivity contribution is 0.188. The van der Waals surface area contributed by atoms with E-state index in [4.69, 9.17) is 4.99 Å². The van der Waals surface area contributed by atoms with Gasteiger partial charge in [0.1, 0.15) is 5.82 Å². The highest BCUT2D eigenvalue weighted by Crippen LogP contribution is 2.27. The summed E-state index contributed by atoms with van der Waals surface area (Å²) in [4.78, 5) is 11.6. The van der Waals surface area contributed by atoms with Crippen molar-refractivity contribution in [1.82, 2.24) is 34.5 Å². The number of aliphatic imine (C=N–C) groups is 1. The fourth-order valence-corrected chi connectivity index (χ4v) is 3.88. The van der Waals surface area contributed by atoms with Crippen molar-refractivity contribution in [3.05, 3.63) is 66.3 Å². The van der Waals surface area contributed by atoms with Crippen LogP contribution < -0.4 is 5.32 Å². The minimum atomic E-state index is 0. The van der Waals surface area contributed by atoms with Gasteiger partial charge in [-0.15, -0.1) is 34.2 Å². The summed E-state index contributed by atoms with van der Waals surface area (Å²) < 4.78 is 4.23. The first kappa shape index (κ1) is 23.2. The molecule has 0 radical (unpaired) electrons. The Kier molecular flexibility index (Phi) is 8.05. The van der Waals surface area contributed by atoms with Crippen molar-refractivity contribution in [3.8, 4) is 0 Å². The van der Waals surface area contributed by atoms with Crippen LogP contribution in [-0.2, 0) is 20.1 Å². The summed E-state index contributed by atoms with van der Waals surface area (Å²) in [5.41, 5.74) is 1.20. The van der Waals surface area contributed by atoms with Crippen molar-refractivity contribution < 1.29 is 0 Å². The van der Waals surface area contributed by atoms with Gasteiger partial charge in [-0.1, -0.05) is 37.3 Å². The minimum absolute atomic E-state index is 0. The Bertz CT molecular complexity index is 967. The molecule has 2 unspecified atom stereocenters. The maximum absolute atomic E-state index is 4.96. The van der Waals surface area contributed by atoms with Crippen LogP contribution in [0.1, 0.15) is 36.6 Å². The molecule has 1 aromatic carbocycles. The number of guanidine groups is 1. The number of nitrogens with zero attached hydrogens (tertiary/aromatic N) is 7. The highest BCUT2D eigenvalue weighted by Gasteiger charge is 2.29. The van der Waals surface area contributed by atoms with E-state index in [1.165, 1.54) is 5.56 Å². The molecule has 2 atom stereocenters. The number of benzene rings is 1. The first-order chi connectivity index (χ1) is 14.6. The third kappa shape index (κ3) is 5.63. The van der Waals surface area contributed by atoms with E-state index in [1.807, 2.05) is 37.1 Å². The van der Waals surface area contributed by atoms with Gasteiger partial charge in [-0.25, -0.2) is 9.98 Å². The van der Waals surface area contributed by atoms with Crippen LogP contribution in [0.25, 0.3) is 0 Å². The lowest BCUT2D eigenvalue weighted by Crippen LogP contribution is -2.49. The standard InChI is InChI=1S/C22H30N8.HI/c1-17-9-11-29(15-20(17)30-12-10-23-16-30)22(24-13-19-7-5-4-6-8-19)25-14-21-27-26-18(2)28(21)3;/h4-8,10,12,16-17,20H,9,11,13-15H2,1-3H3,(H,24,25);1H. The highest BCUT2D eigenvalue weighted by molar-refractivity contribution is 14.0. The Morgan fingerprint density at radius 3 is 2.71 bits per heavy atom. The molecule has 1 aliphatic rings. The monoisotopic (exact) mass is 534 g/mol. The van der Waals surface area contributed by atoms with E-state index in [0.29, 0.717) is 25.0 Å². The number of rotatable bonds is 5. The SMILES string of the molecule is Cc1nnc(CNC(=NCc2ccccc2)N2CCC(C)C(n3ccnc3)C2)n1C.I. The number of imidazole rings is 1. The predicted octanol–water partition coefficient (Wildman–Crippen LogP) is 3.17. The molecule has 1 fully saturated rings. The largest absolute Gasteiger partial charge is 0.349 e. The number of aromatic nitrogens is 5. The third-order valence-corrected chi connectivity index (χ3v) is 5.97. The molecule has 1 aliphatic heterocycles. The van der Waals surface area contributed by atoms with Crippen LogP contribution in [0.3, 0.4) is 0 Å². The number of halogens is 1. The second kappa shape index (κ2) is 10.7. The molecular formula is C22H31IN8. The van der Waals surface area contributed by atoms with Crippen LogP contribution in [0.2, 0.25) is 0 Å². The Balaban J connectivity index is 0.00000272. The van der Waals surface area contributed by atoms with Crippen molar-refractivity contribution in [2.24, 2.45) is 18.0 Å². The molecule has 166 valence electrons. The first-order valence-corrected chi connectivity index (χ1v) is 10.5. The van der Waals surface area contributed by atoms with Crippen molar-refractivity contribution in [2.45, 2.75) is 39.4 Å². The van der Waals surface area contributed by atoms with Crippen LogP contribution in [0.5, 0.6) is 0 Å². The summed E-state index contributed by atoms with van der Waals surface area (Å²) in [6, 6.07) is 10.7. The molecule has 3 heterocycles. The Hall–Kier alpha value is -2.43. The molecule has 1 N–H and O–H groups in total. The second-order valence-electron chi connectivity index (χ2n) is 7.99. The lowest BCUT2D eigenvalue weighted by Gasteiger charge is -2.39. The zero-order valence-electron chi connectivity index (χ0n) is 18.3. The number of hydrogen-bond donors (Lipinski definition) is 1. The van der Waals surface area contributed by atoms with Gasteiger partial charge >= 0.3 is 0 Å². The van der Waals surface area contributed by atoms with Crippen molar-refractivity contribution >= 4 is 29.9 Å². The second-order valence-corrected chi connectivity index (χ2v) is 7.99. The molecule has 4 rings (SSSR count). The molecule has 3 aromatic rings. The van der Waals surface area contributed by atoms with E-state index < -0.39 is 0 Å². The van der Waals surface area contributed by atoms with E-state index in [-0.39, 0.29) is 24.0 Å². The van der Waals surface area contributed by atoms with Crippen LogP contribution in [0.15, 0.2) is 54.0 Å². The number of piperidine rings is 1. The van der Waals surface area contributed by atoms with Gasteiger partial charge in [-0.2, -0.15) is 0 Å². The van der Waals surface area contributed by atoms with Crippen LogP contribution in [0.4, 0.5) is 0 Å². The van der Waals surface area contributed by atoms with Gasteiger partial charge in [0.05, 0.1) is 25.5 Å². The van der Waals surface area contributed by atoms with Crippen molar-refractivity contribution in [1.29, 1.82) is 0 Å². The predicted molar refractivity (Wildman–Crippen MR) is 132 cm³/mol. The van der Waals surface area contributed by atoms with Gasteiger partial charge in [0, 0.05) is 32.5 Å². The topological polar surface area (TPSA) is 76.2 Å².